The summed E-state index contributed by atoms with van der Waals surface area (Å²) in [4.78, 5) is 49.7. The van der Waals surface area contributed by atoms with Crippen LogP contribution < -0.4 is 10.1 Å². The first-order chi connectivity index (χ1) is 14.3. The van der Waals surface area contributed by atoms with Crippen molar-refractivity contribution < 1.29 is 29.0 Å². The molecule has 2 aromatic rings. The number of carbonyl (C=O) groups is 4. The Labute approximate surface area is 176 Å². The Bertz CT molecular complexity index is 1080. The number of hydrogen-bond donors (Lipinski definition) is 2. The predicted octanol–water partition coefficient (Wildman–Crippen LogP) is 3.38. The van der Waals surface area contributed by atoms with Gasteiger partial charge in [-0.2, -0.15) is 0 Å². The summed E-state index contributed by atoms with van der Waals surface area (Å²) in [6.07, 6.45) is 1.53. The minimum absolute atomic E-state index is 0.0841. The van der Waals surface area contributed by atoms with E-state index in [2.05, 4.69) is 5.32 Å². The number of benzene rings is 2. The lowest BCUT2D eigenvalue weighted by molar-refractivity contribution is -0.127. The van der Waals surface area contributed by atoms with Gasteiger partial charge >= 0.3 is 5.97 Å². The monoisotopic (exact) mass is 426 g/mol. The van der Waals surface area contributed by atoms with Crippen molar-refractivity contribution in [1.29, 1.82) is 0 Å². The molecule has 1 aliphatic rings. The largest absolute Gasteiger partial charge is 0.496 e. The molecule has 0 saturated carbocycles. The normalized spacial score (nSPS) is 14.9. The molecule has 3 amide bonds. The van der Waals surface area contributed by atoms with Gasteiger partial charge in [0.05, 0.1) is 23.3 Å². The number of para-hydroxylation sites is 1. The molecule has 3 rings (SSSR count). The van der Waals surface area contributed by atoms with E-state index in [9.17, 15) is 24.3 Å². The molecule has 1 aliphatic heterocycles. The van der Waals surface area contributed by atoms with Crippen LogP contribution in [0.3, 0.4) is 0 Å². The maximum Gasteiger partial charge on any atom is 0.337 e. The fraction of sp³-hybridized carbons (Fsp3) is 0.143. The van der Waals surface area contributed by atoms with Crippen molar-refractivity contribution in [3.8, 4) is 5.75 Å². The van der Waals surface area contributed by atoms with Gasteiger partial charge in [0.15, 0.2) is 0 Å². The summed E-state index contributed by atoms with van der Waals surface area (Å²) in [6, 6.07) is 11.5. The first-order valence-electron chi connectivity index (χ1n) is 8.82. The van der Waals surface area contributed by atoms with Crippen LogP contribution in [0.25, 0.3) is 6.08 Å². The Kier molecular flexibility index (Phi) is 6.22. The number of carboxylic acids is 1. The van der Waals surface area contributed by atoms with E-state index in [0.29, 0.717) is 11.3 Å². The molecule has 1 heterocycles. The number of nitrogens with zero attached hydrogens (tertiary/aromatic N) is 1. The first kappa shape index (κ1) is 21.1. The van der Waals surface area contributed by atoms with Crippen LogP contribution in [0.2, 0.25) is 0 Å². The van der Waals surface area contributed by atoms with Gasteiger partial charge in [-0.3, -0.25) is 19.3 Å². The number of imide groups is 1. The van der Waals surface area contributed by atoms with Crippen LogP contribution in [0.5, 0.6) is 5.75 Å². The van der Waals surface area contributed by atoms with E-state index in [0.717, 1.165) is 22.2 Å². The van der Waals surface area contributed by atoms with Crippen LogP contribution >= 0.6 is 11.8 Å². The second-order valence-corrected chi connectivity index (χ2v) is 7.41. The van der Waals surface area contributed by atoms with Gasteiger partial charge in [-0.25, -0.2) is 4.79 Å². The Morgan fingerprint density at radius 3 is 2.63 bits per heavy atom. The molecule has 30 heavy (non-hydrogen) atoms. The van der Waals surface area contributed by atoms with Crippen LogP contribution in [-0.4, -0.2) is 46.7 Å². The van der Waals surface area contributed by atoms with Crippen LogP contribution in [0.4, 0.5) is 10.5 Å². The molecule has 0 atom stereocenters. The minimum atomic E-state index is -1.20. The van der Waals surface area contributed by atoms with Crippen molar-refractivity contribution in [3.63, 3.8) is 0 Å². The quantitative estimate of drug-likeness (QED) is 0.681. The molecule has 1 saturated heterocycles. The third-order valence-corrected chi connectivity index (χ3v) is 5.19. The molecule has 0 aliphatic carbocycles. The molecule has 154 valence electrons. The number of ether oxygens (including phenoxy) is 1. The number of carboxylic acid groups (broad SMARTS) is 1. The Morgan fingerprint density at radius 2 is 1.93 bits per heavy atom. The second kappa shape index (κ2) is 8.83. The smallest absolute Gasteiger partial charge is 0.337 e. The fourth-order valence-corrected chi connectivity index (χ4v) is 3.67. The molecular formula is C21H18N2O6S. The topological polar surface area (TPSA) is 113 Å². The molecule has 8 nitrogen and oxygen atoms in total. The number of aromatic carboxylic acids is 1. The summed E-state index contributed by atoms with van der Waals surface area (Å²) in [5.41, 5.74) is 1.39. The number of anilines is 1. The van der Waals surface area contributed by atoms with Gasteiger partial charge < -0.3 is 15.2 Å². The number of aryl methyl sites for hydroxylation is 1. The van der Waals surface area contributed by atoms with Gasteiger partial charge in [-0.1, -0.05) is 24.3 Å². The maximum atomic E-state index is 12.6. The fourth-order valence-electron chi connectivity index (χ4n) is 2.84. The van der Waals surface area contributed by atoms with E-state index in [4.69, 9.17) is 4.74 Å². The average molecular weight is 426 g/mol. The van der Waals surface area contributed by atoms with E-state index in [1.165, 1.54) is 25.3 Å². The van der Waals surface area contributed by atoms with Gasteiger partial charge in [0.2, 0.25) is 5.91 Å². The molecule has 0 radical (unpaired) electrons. The lowest BCUT2D eigenvalue weighted by Gasteiger charge is -2.14. The third-order valence-electron chi connectivity index (χ3n) is 4.28. The molecule has 9 heteroatoms. The van der Waals surface area contributed by atoms with E-state index in [1.807, 2.05) is 0 Å². The summed E-state index contributed by atoms with van der Waals surface area (Å²) >= 11 is 0.723. The number of thioether (sulfide) groups is 1. The summed E-state index contributed by atoms with van der Waals surface area (Å²) in [5.74, 6) is -1.93. The Hall–Kier alpha value is -3.59. The van der Waals surface area contributed by atoms with Gasteiger partial charge in [0, 0.05) is 5.56 Å². The predicted molar refractivity (Wildman–Crippen MR) is 112 cm³/mol. The van der Waals surface area contributed by atoms with Crippen molar-refractivity contribution in [3.05, 3.63) is 64.1 Å². The van der Waals surface area contributed by atoms with E-state index >= 15 is 0 Å². The molecule has 0 spiro atoms. The van der Waals surface area contributed by atoms with Crippen molar-refractivity contribution in [2.24, 2.45) is 0 Å². The Morgan fingerprint density at radius 1 is 1.20 bits per heavy atom. The maximum absolute atomic E-state index is 12.6. The highest BCUT2D eigenvalue weighted by Crippen LogP contribution is 2.33. The lowest BCUT2D eigenvalue weighted by Crippen LogP contribution is -2.36. The minimum Gasteiger partial charge on any atom is -0.496 e. The third kappa shape index (κ3) is 4.52. The molecule has 0 unspecified atom stereocenters. The van der Waals surface area contributed by atoms with Gasteiger partial charge in [0.25, 0.3) is 11.1 Å². The lowest BCUT2D eigenvalue weighted by atomic mass is 10.1. The van der Waals surface area contributed by atoms with E-state index in [1.54, 1.807) is 37.3 Å². The summed E-state index contributed by atoms with van der Waals surface area (Å²) in [5, 5.41) is 11.1. The number of amides is 3. The highest BCUT2D eigenvalue weighted by molar-refractivity contribution is 8.18. The molecule has 0 aromatic heterocycles. The number of nitrogens with one attached hydrogen (secondary N) is 1. The summed E-state index contributed by atoms with van der Waals surface area (Å²) < 4.78 is 5.24. The highest BCUT2D eigenvalue weighted by Gasteiger charge is 2.36. The number of hydrogen-bond acceptors (Lipinski definition) is 6. The van der Waals surface area contributed by atoms with E-state index < -0.39 is 29.6 Å². The van der Waals surface area contributed by atoms with Crippen LogP contribution in [0.15, 0.2) is 47.4 Å². The SMILES string of the molecule is COc1ccccc1/C=C1\SC(=O)N(CC(=O)Nc2cc(C)ccc2C(=O)O)C1=O. The average Bonchev–Trinajstić information content (AvgIpc) is 2.95. The van der Waals surface area contributed by atoms with Crippen molar-refractivity contribution in [2.45, 2.75) is 6.92 Å². The number of carbonyl (C=O) groups excluding carboxylic acids is 3. The molecular weight excluding hydrogens is 408 g/mol. The highest BCUT2D eigenvalue weighted by atomic mass is 32.2. The molecule has 2 aromatic carbocycles. The van der Waals surface area contributed by atoms with Gasteiger partial charge in [0.1, 0.15) is 12.3 Å². The zero-order chi connectivity index (χ0) is 21.8. The molecule has 1 fully saturated rings. The summed E-state index contributed by atoms with van der Waals surface area (Å²) in [7, 11) is 1.50. The zero-order valence-corrected chi connectivity index (χ0v) is 17.0. The molecule has 0 bridgehead atoms. The number of rotatable bonds is 6. The van der Waals surface area contributed by atoms with Gasteiger partial charge in [-0.15, -0.1) is 0 Å². The van der Waals surface area contributed by atoms with Crippen LogP contribution in [0, 0.1) is 6.92 Å². The second-order valence-electron chi connectivity index (χ2n) is 6.41. The van der Waals surface area contributed by atoms with Crippen molar-refractivity contribution >= 4 is 46.5 Å². The molecule has 2 N–H and O–H groups in total. The van der Waals surface area contributed by atoms with Crippen molar-refractivity contribution in [2.75, 3.05) is 19.0 Å². The Balaban J connectivity index is 1.76. The standard InChI is InChI=1S/C21H18N2O6S/c1-12-7-8-14(20(26)27)15(9-12)22-18(24)11-23-19(25)17(30-21(23)28)10-13-5-3-4-6-16(13)29-2/h3-10H,11H2,1-2H3,(H,22,24)(H,26,27)/b17-10-. The number of methoxy groups -OCH3 is 1. The van der Waals surface area contributed by atoms with Gasteiger partial charge in [-0.05, 0) is 48.5 Å². The summed E-state index contributed by atoms with van der Waals surface area (Å²) in [6.45, 7) is 1.22. The van der Waals surface area contributed by atoms with E-state index in [-0.39, 0.29) is 16.2 Å². The zero-order valence-electron chi connectivity index (χ0n) is 16.2. The van der Waals surface area contributed by atoms with Crippen molar-refractivity contribution in [1.82, 2.24) is 4.90 Å². The first-order valence-corrected chi connectivity index (χ1v) is 9.64. The van der Waals surface area contributed by atoms with Crippen LogP contribution in [-0.2, 0) is 9.59 Å². The van der Waals surface area contributed by atoms with Crippen LogP contribution in [0.1, 0.15) is 21.5 Å².